The molecule has 58 valence electrons. The third kappa shape index (κ3) is 2.35. The van der Waals surface area contributed by atoms with Crippen molar-refractivity contribution in [2.75, 3.05) is 20.3 Å². The van der Waals surface area contributed by atoms with Crippen molar-refractivity contribution in [2.24, 2.45) is 5.92 Å². The van der Waals surface area contributed by atoms with E-state index in [1.165, 1.54) is 0 Å². The third-order valence-corrected chi connectivity index (χ3v) is 1.55. The molecule has 3 nitrogen and oxygen atoms in total. The molecule has 0 aliphatic heterocycles. The molecule has 1 aliphatic carbocycles. The van der Waals surface area contributed by atoms with Gasteiger partial charge in [-0.15, -0.1) is 0 Å². The van der Waals surface area contributed by atoms with Crippen molar-refractivity contribution in [2.45, 2.75) is 12.8 Å². The Balaban J connectivity index is 1.95. The number of methoxy groups -OCH3 is 1. The number of amides is 1. The zero-order chi connectivity index (χ0) is 7.40. The lowest BCUT2D eigenvalue weighted by Crippen LogP contribution is -2.28. The van der Waals surface area contributed by atoms with Crippen LogP contribution in [0.4, 0.5) is 0 Å². The van der Waals surface area contributed by atoms with Crippen LogP contribution >= 0.6 is 0 Å². The highest BCUT2D eigenvalue weighted by atomic mass is 16.5. The van der Waals surface area contributed by atoms with Gasteiger partial charge in [-0.25, -0.2) is 0 Å². The molecule has 10 heavy (non-hydrogen) atoms. The molecule has 1 N–H and O–H groups in total. The van der Waals surface area contributed by atoms with Crippen molar-refractivity contribution in [3.8, 4) is 0 Å². The van der Waals surface area contributed by atoms with E-state index in [1.807, 2.05) is 0 Å². The maximum atomic E-state index is 10.9. The second kappa shape index (κ2) is 3.56. The Kier molecular flexibility index (Phi) is 2.68. The summed E-state index contributed by atoms with van der Waals surface area (Å²) in [5, 5.41) is 2.78. The van der Waals surface area contributed by atoms with Crippen LogP contribution in [0.5, 0.6) is 0 Å². The zero-order valence-electron chi connectivity index (χ0n) is 6.22. The lowest BCUT2D eigenvalue weighted by molar-refractivity contribution is -0.122. The molecule has 0 atom stereocenters. The van der Waals surface area contributed by atoms with Crippen molar-refractivity contribution in [3.05, 3.63) is 0 Å². The molecule has 1 fully saturated rings. The molecular weight excluding hydrogens is 130 g/mol. The van der Waals surface area contributed by atoms with Crippen LogP contribution in [0.3, 0.4) is 0 Å². The minimum atomic E-state index is 0.192. The van der Waals surface area contributed by atoms with E-state index in [1.54, 1.807) is 7.11 Å². The first kappa shape index (κ1) is 7.54. The molecule has 0 aromatic heterocycles. The van der Waals surface area contributed by atoms with Crippen LogP contribution in [-0.4, -0.2) is 26.2 Å². The van der Waals surface area contributed by atoms with Gasteiger partial charge in [0.2, 0.25) is 5.91 Å². The van der Waals surface area contributed by atoms with Crippen molar-refractivity contribution in [3.63, 3.8) is 0 Å². The maximum Gasteiger partial charge on any atom is 0.223 e. The summed E-state index contributed by atoms with van der Waals surface area (Å²) in [5.74, 6) is 0.508. The van der Waals surface area contributed by atoms with Gasteiger partial charge >= 0.3 is 0 Å². The number of carbonyl (C=O) groups is 1. The summed E-state index contributed by atoms with van der Waals surface area (Å²) < 4.78 is 4.78. The van der Waals surface area contributed by atoms with Crippen molar-refractivity contribution in [1.29, 1.82) is 0 Å². The second-order valence-electron chi connectivity index (χ2n) is 2.56. The molecule has 3 heteroatoms. The molecule has 0 spiro atoms. The summed E-state index contributed by atoms with van der Waals surface area (Å²) in [6.07, 6.45) is 2.14. The van der Waals surface area contributed by atoms with Crippen LogP contribution < -0.4 is 5.32 Å². The van der Waals surface area contributed by atoms with E-state index < -0.39 is 0 Å². The Morgan fingerprint density at radius 2 is 2.40 bits per heavy atom. The van der Waals surface area contributed by atoms with Gasteiger partial charge in [0, 0.05) is 19.6 Å². The first-order valence-corrected chi connectivity index (χ1v) is 3.61. The molecule has 0 bridgehead atoms. The van der Waals surface area contributed by atoms with Crippen molar-refractivity contribution >= 4 is 5.91 Å². The molecule has 0 aromatic rings. The number of carbonyl (C=O) groups excluding carboxylic acids is 1. The highest BCUT2D eigenvalue weighted by molar-refractivity contribution is 5.80. The minimum Gasteiger partial charge on any atom is -0.383 e. The smallest absolute Gasteiger partial charge is 0.223 e. The van der Waals surface area contributed by atoms with Gasteiger partial charge in [-0.2, -0.15) is 0 Å². The quantitative estimate of drug-likeness (QED) is 0.569. The fourth-order valence-electron chi connectivity index (χ4n) is 0.766. The molecule has 0 saturated heterocycles. The van der Waals surface area contributed by atoms with E-state index in [9.17, 15) is 4.79 Å². The Morgan fingerprint density at radius 1 is 1.70 bits per heavy atom. The number of hydrogen-bond donors (Lipinski definition) is 1. The van der Waals surface area contributed by atoms with Gasteiger partial charge in [-0.05, 0) is 12.8 Å². The van der Waals surface area contributed by atoms with E-state index in [0.29, 0.717) is 19.1 Å². The monoisotopic (exact) mass is 143 g/mol. The molecular formula is C7H13NO2. The van der Waals surface area contributed by atoms with Gasteiger partial charge in [-0.1, -0.05) is 0 Å². The summed E-state index contributed by atoms with van der Waals surface area (Å²) in [7, 11) is 1.63. The Hall–Kier alpha value is -0.570. The van der Waals surface area contributed by atoms with Gasteiger partial charge in [0.15, 0.2) is 0 Å². The summed E-state index contributed by atoms with van der Waals surface area (Å²) in [4.78, 5) is 10.9. The van der Waals surface area contributed by atoms with Gasteiger partial charge in [0.05, 0.1) is 6.61 Å². The highest BCUT2D eigenvalue weighted by Gasteiger charge is 2.28. The maximum absolute atomic E-state index is 10.9. The molecule has 1 saturated carbocycles. The van der Waals surface area contributed by atoms with Gasteiger partial charge in [0.1, 0.15) is 0 Å². The van der Waals surface area contributed by atoms with E-state index in [2.05, 4.69) is 5.32 Å². The van der Waals surface area contributed by atoms with Crippen LogP contribution in [0.15, 0.2) is 0 Å². The third-order valence-electron chi connectivity index (χ3n) is 1.55. The standard InChI is InChI=1S/C7H13NO2/c1-10-5-4-8-7(9)6-2-3-6/h6H,2-5H2,1H3,(H,8,9). The number of ether oxygens (including phenoxy) is 1. The Labute approximate surface area is 60.7 Å². The van der Waals surface area contributed by atoms with E-state index in [0.717, 1.165) is 12.8 Å². The first-order chi connectivity index (χ1) is 4.84. The lowest BCUT2D eigenvalue weighted by Gasteiger charge is -2.01. The Bertz CT molecular complexity index is 121. The van der Waals surface area contributed by atoms with Gasteiger partial charge < -0.3 is 10.1 Å². The fraction of sp³-hybridized carbons (Fsp3) is 0.857. The molecule has 0 aromatic carbocycles. The zero-order valence-corrected chi connectivity index (χ0v) is 6.22. The topological polar surface area (TPSA) is 38.3 Å². The number of nitrogens with one attached hydrogen (secondary N) is 1. The lowest BCUT2D eigenvalue weighted by atomic mass is 10.4. The summed E-state index contributed by atoms with van der Waals surface area (Å²) in [6, 6.07) is 0. The van der Waals surface area contributed by atoms with Crippen LogP contribution in [0.1, 0.15) is 12.8 Å². The minimum absolute atomic E-state index is 0.192. The van der Waals surface area contributed by atoms with E-state index in [-0.39, 0.29) is 5.91 Å². The fourth-order valence-corrected chi connectivity index (χ4v) is 0.766. The van der Waals surface area contributed by atoms with Crippen LogP contribution in [0.2, 0.25) is 0 Å². The van der Waals surface area contributed by atoms with Crippen LogP contribution in [0.25, 0.3) is 0 Å². The molecule has 0 radical (unpaired) electrons. The molecule has 0 heterocycles. The average Bonchev–Trinajstić information content (AvgIpc) is 2.69. The molecule has 1 aliphatic rings. The number of hydrogen-bond acceptors (Lipinski definition) is 2. The van der Waals surface area contributed by atoms with Crippen LogP contribution in [-0.2, 0) is 9.53 Å². The SMILES string of the molecule is COCCNC(=O)C1CC1. The summed E-state index contributed by atoms with van der Waals surface area (Å²) in [5.41, 5.74) is 0. The second-order valence-corrected chi connectivity index (χ2v) is 2.56. The molecule has 1 amide bonds. The summed E-state index contributed by atoms with van der Waals surface area (Å²) in [6.45, 7) is 1.25. The van der Waals surface area contributed by atoms with Crippen molar-refractivity contribution < 1.29 is 9.53 Å². The average molecular weight is 143 g/mol. The first-order valence-electron chi connectivity index (χ1n) is 3.61. The van der Waals surface area contributed by atoms with Gasteiger partial charge in [-0.3, -0.25) is 4.79 Å². The predicted molar refractivity (Wildman–Crippen MR) is 37.6 cm³/mol. The highest BCUT2D eigenvalue weighted by Crippen LogP contribution is 2.28. The van der Waals surface area contributed by atoms with Crippen molar-refractivity contribution in [1.82, 2.24) is 5.32 Å². The van der Waals surface area contributed by atoms with Crippen LogP contribution in [0, 0.1) is 5.92 Å². The van der Waals surface area contributed by atoms with E-state index >= 15 is 0 Å². The Morgan fingerprint density at radius 3 is 2.90 bits per heavy atom. The molecule has 1 rings (SSSR count). The van der Waals surface area contributed by atoms with Gasteiger partial charge in [0.25, 0.3) is 0 Å². The normalized spacial score (nSPS) is 16.9. The molecule has 0 unspecified atom stereocenters. The largest absolute Gasteiger partial charge is 0.383 e. The number of rotatable bonds is 4. The predicted octanol–water partition coefficient (Wildman–Crippen LogP) is 0.159. The van der Waals surface area contributed by atoms with E-state index in [4.69, 9.17) is 4.74 Å². The summed E-state index contributed by atoms with van der Waals surface area (Å²) >= 11 is 0.